The molecule has 1 aliphatic rings. The second-order valence-electron chi connectivity index (χ2n) is 6.09. The number of piperidine rings is 1. The van der Waals surface area contributed by atoms with Crippen molar-refractivity contribution < 1.29 is 17.9 Å². The highest BCUT2D eigenvalue weighted by Crippen LogP contribution is 2.14. The Hall–Kier alpha value is -1.44. The molecule has 1 amide bonds. The van der Waals surface area contributed by atoms with Crippen LogP contribution in [0.3, 0.4) is 0 Å². The molecule has 0 aliphatic carbocycles. The largest absolute Gasteiger partial charge is 0.384 e. The Labute approximate surface area is 143 Å². The van der Waals surface area contributed by atoms with Crippen molar-refractivity contribution in [1.29, 1.82) is 0 Å². The first-order valence-corrected chi connectivity index (χ1v) is 9.99. The zero-order valence-electron chi connectivity index (χ0n) is 14.1. The predicted octanol–water partition coefficient (Wildman–Crippen LogP) is 1.23. The lowest BCUT2D eigenvalue weighted by Gasteiger charge is -2.22. The van der Waals surface area contributed by atoms with Gasteiger partial charge in [0.05, 0.1) is 17.3 Å². The molecule has 0 radical (unpaired) electrons. The summed E-state index contributed by atoms with van der Waals surface area (Å²) in [6.07, 6.45) is 3.36. The number of benzene rings is 1. The van der Waals surface area contributed by atoms with Gasteiger partial charge in [0.15, 0.2) is 9.84 Å². The van der Waals surface area contributed by atoms with Gasteiger partial charge in [0.2, 0.25) is 0 Å². The second-order valence-corrected chi connectivity index (χ2v) is 8.20. The Balaban J connectivity index is 1.84. The van der Waals surface area contributed by atoms with Gasteiger partial charge in [-0.05, 0) is 62.5 Å². The molecule has 6 nitrogen and oxygen atoms in total. The van der Waals surface area contributed by atoms with Crippen molar-refractivity contribution in [3.8, 4) is 0 Å². The van der Waals surface area contributed by atoms with Gasteiger partial charge in [0.25, 0.3) is 5.91 Å². The number of methoxy groups -OCH3 is 1. The van der Waals surface area contributed by atoms with E-state index >= 15 is 0 Å². The zero-order valence-corrected chi connectivity index (χ0v) is 14.9. The second kappa shape index (κ2) is 9.15. The van der Waals surface area contributed by atoms with Crippen LogP contribution in [0.15, 0.2) is 29.2 Å². The number of nitrogens with one attached hydrogen (secondary N) is 2. The summed E-state index contributed by atoms with van der Waals surface area (Å²) in [7, 11) is -1.90. The topological polar surface area (TPSA) is 84.5 Å². The third kappa shape index (κ3) is 5.58. The normalized spacial score (nSPS) is 18.3. The highest BCUT2D eigenvalue weighted by molar-refractivity contribution is 7.91. The molecule has 0 bridgehead atoms. The predicted molar refractivity (Wildman–Crippen MR) is 92.9 cm³/mol. The van der Waals surface area contributed by atoms with Gasteiger partial charge in [-0.15, -0.1) is 0 Å². The number of carbonyl (C=O) groups excluding carboxylic acids is 1. The van der Waals surface area contributed by atoms with Gasteiger partial charge in [0, 0.05) is 19.2 Å². The lowest BCUT2D eigenvalue weighted by molar-refractivity contribution is 0.0950. The van der Waals surface area contributed by atoms with E-state index in [1.807, 2.05) is 0 Å². The van der Waals surface area contributed by atoms with Gasteiger partial charge in [0.1, 0.15) is 0 Å². The molecule has 2 N–H and O–H groups in total. The molecule has 0 spiro atoms. The van der Waals surface area contributed by atoms with Crippen molar-refractivity contribution in [3.05, 3.63) is 29.8 Å². The minimum atomic E-state index is -3.36. The third-order valence-electron chi connectivity index (χ3n) is 4.27. The third-order valence-corrected chi connectivity index (χ3v) is 5.96. The monoisotopic (exact) mass is 354 g/mol. The van der Waals surface area contributed by atoms with Crippen LogP contribution >= 0.6 is 0 Å². The molecular weight excluding hydrogens is 328 g/mol. The van der Waals surface area contributed by atoms with Gasteiger partial charge in [-0.3, -0.25) is 4.79 Å². The van der Waals surface area contributed by atoms with Crippen molar-refractivity contribution >= 4 is 15.7 Å². The molecule has 1 aliphatic heterocycles. The van der Waals surface area contributed by atoms with Gasteiger partial charge in [-0.25, -0.2) is 8.42 Å². The number of ether oxygens (including phenoxy) is 1. The number of hydrogen-bond donors (Lipinski definition) is 2. The lowest BCUT2D eigenvalue weighted by Crippen LogP contribution is -2.33. The van der Waals surface area contributed by atoms with Crippen LogP contribution in [-0.4, -0.2) is 53.4 Å². The highest BCUT2D eigenvalue weighted by atomic mass is 32.2. The summed E-state index contributed by atoms with van der Waals surface area (Å²) in [6, 6.07) is 6.06. The van der Waals surface area contributed by atoms with Crippen LogP contribution in [0, 0.1) is 5.92 Å². The molecule has 1 atom stereocenters. The molecule has 1 unspecified atom stereocenters. The Morgan fingerprint density at radius 1 is 1.33 bits per heavy atom. The Morgan fingerprint density at radius 2 is 2.08 bits per heavy atom. The molecule has 7 heteroatoms. The van der Waals surface area contributed by atoms with E-state index in [1.165, 1.54) is 32.1 Å². The number of sulfone groups is 1. The Kier molecular flexibility index (Phi) is 7.20. The molecule has 0 saturated carbocycles. The molecule has 1 fully saturated rings. The first-order chi connectivity index (χ1) is 11.5. The summed E-state index contributed by atoms with van der Waals surface area (Å²) in [5.41, 5.74) is 0.475. The Bertz CT molecular complexity index is 622. The van der Waals surface area contributed by atoms with Gasteiger partial charge < -0.3 is 15.4 Å². The number of hydrogen-bond acceptors (Lipinski definition) is 5. The molecule has 2 rings (SSSR count). The summed E-state index contributed by atoms with van der Waals surface area (Å²) in [5.74, 6) is 0.386. The smallest absolute Gasteiger partial charge is 0.251 e. The molecular formula is C17H26N2O4S. The van der Waals surface area contributed by atoms with Crippen LogP contribution < -0.4 is 10.6 Å². The van der Waals surface area contributed by atoms with E-state index in [2.05, 4.69) is 10.6 Å². The fourth-order valence-corrected chi connectivity index (χ4v) is 3.96. The summed E-state index contributed by atoms with van der Waals surface area (Å²) >= 11 is 0. The van der Waals surface area contributed by atoms with Crippen LogP contribution in [0.2, 0.25) is 0 Å². The van der Waals surface area contributed by atoms with Crippen LogP contribution in [0.1, 0.15) is 29.6 Å². The molecule has 1 aromatic carbocycles. The maximum Gasteiger partial charge on any atom is 0.251 e. The average molecular weight is 354 g/mol. The van der Waals surface area contributed by atoms with E-state index in [9.17, 15) is 13.2 Å². The Morgan fingerprint density at radius 3 is 2.71 bits per heavy atom. The summed E-state index contributed by atoms with van der Waals surface area (Å²) in [4.78, 5) is 12.3. The fourth-order valence-electron chi connectivity index (χ4n) is 2.79. The van der Waals surface area contributed by atoms with Gasteiger partial charge in [-0.2, -0.15) is 0 Å². The van der Waals surface area contributed by atoms with E-state index < -0.39 is 9.84 Å². The summed E-state index contributed by atoms with van der Waals surface area (Å²) < 4.78 is 28.9. The van der Waals surface area contributed by atoms with Crippen molar-refractivity contribution in [3.63, 3.8) is 0 Å². The first kappa shape index (κ1) is 18.9. The van der Waals surface area contributed by atoms with E-state index in [0.717, 1.165) is 19.5 Å². The maximum absolute atomic E-state index is 12.1. The summed E-state index contributed by atoms with van der Waals surface area (Å²) in [6.45, 7) is 2.89. The molecule has 0 aromatic heterocycles. The molecule has 1 heterocycles. The quantitative estimate of drug-likeness (QED) is 0.733. The standard InChI is InChI=1S/C17H26N2O4S/c1-23-11-12-24(21,22)16-6-4-15(5-7-16)17(20)19-10-8-14-3-2-9-18-13-14/h4-7,14,18H,2-3,8-13H2,1H3,(H,19,20). The van der Waals surface area contributed by atoms with Crippen LogP contribution in [0.4, 0.5) is 0 Å². The van der Waals surface area contributed by atoms with E-state index in [0.29, 0.717) is 18.0 Å². The number of amides is 1. The number of carbonyl (C=O) groups is 1. The minimum absolute atomic E-state index is 0.0650. The molecule has 134 valence electrons. The lowest BCUT2D eigenvalue weighted by atomic mass is 9.96. The average Bonchev–Trinajstić information content (AvgIpc) is 2.61. The van der Waals surface area contributed by atoms with Gasteiger partial charge in [-0.1, -0.05) is 0 Å². The van der Waals surface area contributed by atoms with Crippen molar-refractivity contribution in [2.24, 2.45) is 5.92 Å². The first-order valence-electron chi connectivity index (χ1n) is 8.33. The van der Waals surface area contributed by atoms with Crippen molar-refractivity contribution in [2.75, 3.05) is 39.1 Å². The summed E-state index contributed by atoms with van der Waals surface area (Å²) in [5, 5.41) is 6.26. The van der Waals surface area contributed by atoms with Crippen molar-refractivity contribution in [2.45, 2.75) is 24.2 Å². The van der Waals surface area contributed by atoms with Crippen molar-refractivity contribution in [1.82, 2.24) is 10.6 Å². The highest BCUT2D eigenvalue weighted by Gasteiger charge is 2.16. The van der Waals surface area contributed by atoms with E-state index in [-0.39, 0.29) is 23.2 Å². The minimum Gasteiger partial charge on any atom is -0.384 e. The van der Waals surface area contributed by atoms with Crippen LogP contribution in [0.5, 0.6) is 0 Å². The van der Waals surface area contributed by atoms with E-state index in [1.54, 1.807) is 12.1 Å². The van der Waals surface area contributed by atoms with Crippen LogP contribution in [-0.2, 0) is 14.6 Å². The zero-order chi connectivity index (χ0) is 17.4. The van der Waals surface area contributed by atoms with Crippen LogP contribution in [0.25, 0.3) is 0 Å². The maximum atomic E-state index is 12.1. The number of rotatable bonds is 8. The molecule has 1 saturated heterocycles. The van der Waals surface area contributed by atoms with E-state index in [4.69, 9.17) is 4.74 Å². The van der Waals surface area contributed by atoms with Gasteiger partial charge >= 0.3 is 0 Å². The SMILES string of the molecule is COCCS(=O)(=O)c1ccc(C(=O)NCCC2CCCNC2)cc1. The fraction of sp³-hybridized carbons (Fsp3) is 0.588. The molecule has 1 aromatic rings. The molecule has 24 heavy (non-hydrogen) atoms.